The molecule has 0 saturated heterocycles. The minimum Gasteiger partial charge on any atom is -0.324 e. The van der Waals surface area contributed by atoms with Crippen molar-refractivity contribution in [3.05, 3.63) is 93.5 Å². The van der Waals surface area contributed by atoms with Crippen molar-refractivity contribution < 1.29 is 9.59 Å². The standard InChI is InChI=1S/C28H31ClN2O2/c1-17(2)12-21-6-8-22(9-7-21)20(5)27(32)31-26-16-23(10-11-25(26)29)28(33)30-24-14-18(3)13-19(4)15-24/h6-11,13-17,20H,12H2,1-5H3,(H,30,33)(H,31,32)/t20-/m1/s1. The molecule has 3 rings (SSSR count). The Kier molecular flexibility index (Phi) is 7.93. The summed E-state index contributed by atoms with van der Waals surface area (Å²) in [5.41, 5.74) is 5.89. The van der Waals surface area contributed by atoms with Gasteiger partial charge in [0.15, 0.2) is 0 Å². The van der Waals surface area contributed by atoms with E-state index in [-0.39, 0.29) is 17.7 Å². The highest BCUT2D eigenvalue weighted by molar-refractivity contribution is 6.34. The number of aryl methyl sites for hydroxylation is 2. The van der Waals surface area contributed by atoms with E-state index >= 15 is 0 Å². The Morgan fingerprint density at radius 2 is 1.48 bits per heavy atom. The number of carbonyl (C=O) groups is 2. The largest absolute Gasteiger partial charge is 0.324 e. The highest BCUT2D eigenvalue weighted by Gasteiger charge is 2.18. The summed E-state index contributed by atoms with van der Waals surface area (Å²) in [6.07, 6.45) is 1.01. The molecule has 0 saturated carbocycles. The molecule has 0 aliphatic rings. The van der Waals surface area contributed by atoms with E-state index in [4.69, 9.17) is 11.6 Å². The van der Waals surface area contributed by atoms with Crippen molar-refractivity contribution in [2.45, 2.75) is 47.0 Å². The Labute approximate surface area is 201 Å². The molecule has 172 valence electrons. The minimum absolute atomic E-state index is 0.180. The van der Waals surface area contributed by atoms with Crippen molar-refractivity contribution >= 4 is 34.8 Å². The molecular formula is C28H31ClN2O2. The SMILES string of the molecule is Cc1cc(C)cc(NC(=O)c2ccc(Cl)c(NC(=O)[C@H](C)c3ccc(CC(C)C)cc3)c2)c1. The maximum absolute atomic E-state index is 12.9. The van der Waals surface area contributed by atoms with Crippen molar-refractivity contribution in [2.24, 2.45) is 5.92 Å². The number of carbonyl (C=O) groups excluding carboxylic acids is 2. The van der Waals surface area contributed by atoms with E-state index in [1.807, 2.05) is 51.1 Å². The molecule has 0 aliphatic carbocycles. The average molecular weight is 463 g/mol. The molecule has 5 heteroatoms. The van der Waals surface area contributed by atoms with Crippen molar-refractivity contribution in [3.8, 4) is 0 Å². The van der Waals surface area contributed by atoms with Crippen LogP contribution in [-0.2, 0) is 11.2 Å². The van der Waals surface area contributed by atoms with Gasteiger partial charge < -0.3 is 10.6 Å². The second kappa shape index (κ2) is 10.7. The third kappa shape index (κ3) is 6.69. The molecule has 3 aromatic carbocycles. The molecule has 1 atom stereocenters. The molecular weight excluding hydrogens is 432 g/mol. The van der Waals surface area contributed by atoms with Crippen LogP contribution < -0.4 is 10.6 Å². The summed E-state index contributed by atoms with van der Waals surface area (Å²) in [4.78, 5) is 25.7. The Balaban J connectivity index is 1.72. The van der Waals surface area contributed by atoms with Crippen LogP contribution in [0, 0.1) is 19.8 Å². The molecule has 0 unspecified atom stereocenters. The van der Waals surface area contributed by atoms with Gasteiger partial charge in [-0.3, -0.25) is 9.59 Å². The third-order valence-corrected chi connectivity index (χ3v) is 5.81. The van der Waals surface area contributed by atoms with Gasteiger partial charge >= 0.3 is 0 Å². The normalized spacial score (nSPS) is 11.8. The second-order valence-electron chi connectivity index (χ2n) is 9.08. The zero-order valence-electron chi connectivity index (χ0n) is 19.8. The van der Waals surface area contributed by atoms with E-state index < -0.39 is 0 Å². The molecule has 0 radical (unpaired) electrons. The lowest BCUT2D eigenvalue weighted by Crippen LogP contribution is -2.20. The number of rotatable bonds is 7. The summed E-state index contributed by atoms with van der Waals surface area (Å²) in [6.45, 7) is 10.2. The molecule has 0 spiro atoms. The molecule has 2 N–H and O–H groups in total. The molecule has 0 bridgehead atoms. The number of anilines is 2. The van der Waals surface area contributed by atoms with Crippen LogP contribution >= 0.6 is 11.6 Å². The van der Waals surface area contributed by atoms with Gasteiger partial charge in [0, 0.05) is 11.3 Å². The highest BCUT2D eigenvalue weighted by Crippen LogP contribution is 2.26. The Hall–Kier alpha value is -3.11. The topological polar surface area (TPSA) is 58.2 Å². The summed E-state index contributed by atoms with van der Waals surface area (Å²) in [7, 11) is 0. The number of amides is 2. The van der Waals surface area contributed by atoms with Gasteiger partial charge in [0.2, 0.25) is 5.91 Å². The number of benzene rings is 3. The lowest BCUT2D eigenvalue weighted by atomic mass is 9.96. The summed E-state index contributed by atoms with van der Waals surface area (Å²) < 4.78 is 0. The fraction of sp³-hybridized carbons (Fsp3) is 0.286. The Bertz CT molecular complexity index is 1130. The van der Waals surface area contributed by atoms with E-state index in [1.54, 1.807) is 18.2 Å². The molecule has 33 heavy (non-hydrogen) atoms. The van der Waals surface area contributed by atoms with Gasteiger partial charge in [-0.25, -0.2) is 0 Å². The molecule has 4 nitrogen and oxygen atoms in total. The van der Waals surface area contributed by atoms with Gasteiger partial charge in [-0.2, -0.15) is 0 Å². The van der Waals surface area contributed by atoms with Gasteiger partial charge in [-0.1, -0.05) is 55.8 Å². The highest BCUT2D eigenvalue weighted by atomic mass is 35.5. The Morgan fingerprint density at radius 3 is 2.09 bits per heavy atom. The number of hydrogen-bond acceptors (Lipinski definition) is 2. The van der Waals surface area contributed by atoms with Gasteiger partial charge in [-0.05, 0) is 85.7 Å². The fourth-order valence-electron chi connectivity index (χ4n) is 3.82. The summed E-state index contributed by atoms with van der Waals surface area (Å²) in [6, 6.07) is 18.9. The monoisotopic (exact) mass is 462 g/mol. The predicted molar refractivity (Wildman–Crippen MR) is 137 cm³/mol. The molecule has 0 fully saturated rings. The van der Waals surface area contributed by atoms with Gasteiger partial charge in [-0.15, -0.1) is 0 Å². The van der Waals surface area contributed by atoms with Crippen molar-refractivity contribution in [1.82, 2.24) is 0 Å². The first kappa shape index (κ1) is 24.5. The number of hydrogen-bond donors (Lipinski definition) is 2. The van der Waals surface area contributed by atoms with Crippen LogP contribution in [-0.4, -0.2) is 11.8 Å². The lowest BCUT2D eigenvalue weighted by molar-refractivity contribution is -0.117. The van der Waals surface area contributed by atoms with Gasteiger partial charge in [0.1, 0.15) is 0 Å². The Morgan fingerprint density at radius 1 is 0.848 bits per heavy atom. The zero-order valence-corrected chi connectivity index (χ0v) is 20.6. The minimum atomic E-state index is -0.359. The summed E-state index contributed by atoms with van der Waals surface area (Å²) >= 11 is 6.32. The van der Waals surface area contributed by atoms with E-state index in [0.29, 0.717) is 22.2 Å². The van der Waals surface area contributed by atoms with Gasteiger partial charge in [0.05, 0.1) is 16.6 Å². The quantitative estimate of drug-likeness (QED) is 0.391. The molecule has 0 aliphatic heterocycles. The van der Waals surface area contributed by atoms with Crippen LogP contribution in [0.15, 0.2) is 60.7 Å². The first-order valence-corrected chi connectivity index (χ1v) is 11.6. The zero-order chi connectivity index (χ0) is 24.1. The van der Waals surface area contributed by atoms with Crippen molar-refractivity contribution in [2.75, 3.05) is 10.6 Å². The van der Waals surface area contributed by atoms with E-state index in [0.717, 1.165) is 28.8 Å². The smallest absolute Gasteiger partial charge is 0.255 e. The second-order valence-corrected chi connectivity index (χ2v) is 9.48. The maximum Gasteiger partial charge on any atom is 0.255 e. The van der Waals surface area contributed by atoms with Crippen molar-refractivity contribution in [1.29, 1.82) is 0 Å². The number of nitrogens with one attached hydrogen (secondary N) is 2. The van der Waals surface area contributed by atoms with Gasteiger partial charge in [0.25, 0.3) is 5.91 Å². The summed E-state index contributed by atoms with van der Waals surface area (Å²) in [5, 5.41) is 6.17. The molecule has 0 aromatic heterocycles. The predicted octanol–water partition coefficient (Wildman–Crippen LogP) is 7.15. The van der Waals surface area contributed by atoms with Crippen LogP contribution in [0.1, 0.15) is 59.3 Å². The van der Waals surface area contributed by atoms with E-state index in [1.165, 1.54) is 5.56 Å². The van der Waals surface area contributed by atoms with Crippen LogP contribution in [0.25, 0.3) is 0 Å². The lowest BCUT2D eigenvalue weighted by Gasteiger charge is -2.15. The molecule has 0 heterocycles. The number of halogens is 1. The van der Waals surface area contributed by atoms with Crippen LogP contribution in [0.5, 0.6) is 0 Å². The molecule has 2 amide bonds. The van der Waals surface area contributed by atoms with Crippen molar-refractivity contribution in [3.63, 3.8) is 0 Å². The third-order valence-electron chi connectivity index (χ3n) is 5.48. The van der Waals surface area contributed by atoms with E-state index in [2.05, 4.69) is 36.6 Å². The molecule has 3 aromatic rings. The average Bonchev–Trinajstić information content (AvgIpc) is 2.74. The first-order valence-electron chi connectivity index (χ1n) is 11.2. The van der Waals surface area contributed by atoms with Crippen LogP contribution in [0.3, 0.4) is 0 Å². The summed E-state index contributed by atoms with van der Waals surface area (Å²) in [5.74, 6) is -0.221. The van der Waals surface area contributed by atoms with Crippen LogP contribution in [0.4, 0.5) is 11.4 Å². The van der Waals surface area contributed by atoms with E-state index in [9.17, 15) is 9.59 Å². The fourth-order valence-corrected chi connectivity index (χ4v) is 3.98. The van der Waals surface area contributed by atoms with Crippen LogP contribution in [0.2, 0.25) is 5.02 Å². The first-order chi connectivity index (χ1) is 15.6. The maximum atomic E-state index is 12.9.